The van der Waals surface area contributed by atoms with Crippen LogP contribution in [0.4, 0.5) is 5.69 Å². The molecule has 0 N–H and O–H groups in total. The Bertz CT molecular complexity index is 1040. The summed E-state index contributed by atoms with van der Waals surface area (Å²) in [4.78, 5) is 25.1. The molecule has 148 valence electrons. The minimum atomic E-state index is -3.23. The van der Waals surface area contributed by atoms with E-state index in [0.717, 1.165) is 11.6 Å². The number of rotatable bonds is 5. The van der Waals surface area contributed by atoms with Crippen LogP contribution in [-0.2, 0) is 16.4 Å². The van der Waals surface area contributed by atoms with E-state index in [0.29, 0.717) is 11.4 Å². The van der Waals surface area contributed by atoms with E-state index in [9.17, 15) is 23.3 Å². The molecule has 0 saturated carbocycles. The molecule has 1 heterocycles. The molecule has 0 spiro atoms. The van der Waals surface area contributed by atoms with Crippen molar-refractivity contribution in [3.05, 3.63) is 73.8 Å². The number of hydrogen-bond donors (Lipinski definition) is 0. The van der Waals surface area contributed by atoms with Crippen molar-refractivity contribution < 1.29 is 18.1 Å². The van der Waals surface area contributed by atoms with Gasteiger partial charge in [-0.1, -0.05) is 35.3 Å². The van der Waals surface area contributed by atoms with Crippen molar-refractivity contribution in [2.24, 2.45) is 0 Å². The lowest BCUT2D eigenvalue weighted by atomic mass is 10.1. The summed E-state index contributed by atoms with van der Waals surface area (Å²) in [6.45, 7) is 0.135. The number of nitro benzene ring substituents is 1. The first-order valence-electron chi connectivity index (χ1n) is 8.36. The summed E-state index contributed by atoms with van der Waals surface area (Å²) in [5.41, 5.74) is 0.422. The normalized spacial score (nSPS) is 18.0. The molecule has 0 radical (unpaired) electrons. The average Bonchev–Trinajstić information content (AvgIpc) is 2.99. The molecule has 1 atom stereocenters. The van der Waals surface area contributed by atoms with Crippen molar-refractivity contribution in [2.75, 3.05) is 11.5 Å². The highest BCUT2D eigenvalue weighted by Crippen LogP contribution is 2.28. The maximum Gasteiger partial charge on any atom is 0.288 e. The van der Waals surface area contributed by atoms with Crippen LogP contribution in [0.2, 0.25) is 10.0 Å². The number of nitro groups is 1. The number of amides is 1. The van der Waals surface area contributed by atoms with Crippen LogP contribution < -0.4 is 0 Å². The zero-order chi connectivity index (χ0) is 20.5. The zero-order valence-corrected chi connectivity index (χ0v) is 16.9. The van der Waals surface area contributed by atoms with Gasteiger partial charge in [-0.15, -0.1) is 0 Å². The van der Waals surface area contributed by atoms with E-state index in [1.807, 2.05) is 0 Å². The van der Waals surface area contributed by atoms with Crippen LogP contribution in [0.15, 0.2) is 42.5 Å². The van der Waals surface area contributed by atoms with Crippen molar-refractivity contribution in [3.8, 4) is 0 Å². The Morgan fingerprint density at radius 3 is 2.57 bits per heavy atom. The van der Waals surface area contributed by atoms with Crippen LogP contribution in [0.3, 0.4) is 0 Å². The van der Waals surface area contributed by atoms with Crippen LogP contribution in [-0.4, -0.2) is 41.7 Å². The molecule has 3 rings (SSSR count). The number of nitrogens with zero attached hydrogens (tertiary/aromatic N) is 2. The summed E-state index contributed by atoms with van der Waals surface area (Å²) >= 11 is 11.8. The Morgan fingerprint density at radius 1 is 1.21 bits per heavy atom. The summed E-state index contributed by atoms with van der Waals surface area (Å²) in [7, 11) is -3.23. The van der Waals surface area contributed by atoms with E-state index in [4.69, 9.17) is 23.2 Å². The molecule has 2 aromatic rings. The molecule has 1 fully saturated rings. The Labute approximate surface area is 171 Å². The van der Waals surface area contributed by atoms with Gasteiger partial charge >= 0.3 is 0 Å². The van der Waals surface area contributed by atoms with Crippen LogP contribution in [0, 0.1) is 10.1 Å². The van der Waals surface area contributed by atoms with Crippen molar-refractivity contribution in [2.45, 2.75) is 19.0 Å². The monoisotopic (exact) mass is 442 g/mol. The maximum absolute atomic E-state index is 13.2. The predicted molar refractivity (Wildman–Crippen MR) is 106 cm³/mol. The molecule has 0 aromatic heterocycles. The van der Waals surface area contributed by atoms with E-state index in [2.05, 4.69) is 0 Å². The highest BCUT2D eigenvalue weighted by atomic mass is 35.5. The maximum atomic E-state index is 13.2. The summed E-state index contributed by atoms with van der Waals surface area (Å²) in [6.07, 6.45) is 0.310. The van der Waals surface area contributed by atoms with Crippen LogP contribution in [0.1, 0.15) is 22.3 Å². The van der Waals surface area contributed by atoms with Gasteiger partial charge in [0, 0.05) is 29.2 Å². The number of hydrogen-bond acceptors (Lipinski definition) is 5. The Balaban J connectivity index is 1.97. The van der Waals surface area contributed by atoms with E-state index < -0.39 is 26.7 Å². The first kappa shape index (κ1) is 20.6. The molecule has 2 aromatic carbocycles. The van der Waals surface area contributed by atoms with Crippen molar-refractivity contribution >= 4 is 44.6 Å². The van der Waals surface area contributed by atoms with Crippen molar-refractivity contribution in [1.82, 2.24) is 4.90 Å². The predicted octanol–water partition coefficient (Wildman–Crippen LogP) is 3.73. The summed E-state index contributed by atoms with van der Waals surface area (Å²) in [5, 5.41) is 11.6. The van der Waals surface area contributed by atoms with E-state index >= 15 is 0 Å². The highest BCUT2D eigenvalue weighted by Gasteiger charge is 2.35. The second-order valence-electron chi connectivity index (χ2n) is 6.54. The molecule has 1 aliphatic rings. The Morgan fingerprint density at radius 2 is 1.96 bits per heavy atom. The third kappa shape index (κ3) is 4.63. The number of benzene rings is 2. The zero-order valence-electron chi connectivity index (χ0n) is 14.5. The molecule has 1 amide bonds. The lowest BCUT2D eigenvalue weighted by Gasteiger charge is -2.28. The van der Waals surface area contributed by atoms with Crippen molar-refractivity contribution in [3.63, 3.8) is 0 Å². The molecule has 1 aliphatic heterocycles. The van der Waals surface area contributed by atoms with E-state index in [-0.39, 0.29) is 34.3 Å². The molecule has 0 aliphatic carbocycles. The summed E-state index contributed by atoms with van der Waals surface area (Å²) < 4.78 is 23.9. The SMILES string of the molecule is O=C(c1ccc(Cl)c([N+](=O)[O-])c1)N(Cc1cccc(Cl)c1)[C@H]1CCS(=O)(=O)C1. The highest BCUT2D eigenvalue weighted by molar-refractivity contribution is 7.91. The quantitative estimate of drug-likeness (QED) is 0.518. The summed E-state index contributed by atoms with van der Waals surface area (Å²) in [6, 6.07) is 10.2. The second-order valence-corrected chi connectivity index (χ2v) is 9.62. The standard InChI is InChI=1S/C18H16Cl2N2O5S/c19-14-3-1-2-12(8-14)10-21(15-6-7-28(26,27)11-15)18(23)13-4-5-16(20)17(9-13)22(24)25/h1-5,8-9,15H,6-7,10-11H2/t15-/m0/s1. The molecule has 28 heavy (non-hydrogen) atoms. The van der Waals surface area contributed by atoms with Gasteiger partial charge in [0.25, 0.3) is 11.6 Å². The van der Waals surface area contributed by atoms with Gasteiger partial charge in [0.05, 0.1) is 16.4 Å². The van der Waals surface area contributed by atoms with Gasteiger partial charge in [0.2, 0.25) is 0 Å². The molecule has 10 heteroatoms. The summed E-state index contributed by atoms with van der Waals surface area (Å²) in [5.74, 6) is -0.644. The smallest absolute Gasteiger partial charge is 0.288 e. The minimum absolute atomic E-state index is 0.00222. The number of carbonyl (C=O) groups excluding carboxylic acids is 1. The lowest BCUT2D eigenvalue weighted by Crippen LogP contribution is -2.40. The van der Waals surface area contributed by atoms with Crippen LogP contribution in [0.25, 0.3) is 0 Å². The fourth-order valence-electron chi connectivity index (χ4n) is 3.17. The third-order valence-corrected chi connectivity index (χ3v) is 6.85. The average molecular weight is 443 g/mol. The first-order chi connectivity index (χ1) is 13.2. The molecule has 0 unspecified atom stereocenters. The third-order valence-electron chi connectivity index (χ3n) is 4.54. The first-order valence-corrected chi connectivity index (χ1v) is 10.9. The van der Waals surface area contributed by atoms with Gasteiger partial charge < -0.3 is 4.90 Å². The fourth-order valence-corrected chi connectivity index (χ4v) is 5.30. The van der Waals surface area contributed by atoms with Crippen LogP contribution >= 0.6 is 23.2 Å². The van der Waals surface area contributed by atoms with Gasteiger partial charge in [-0.2, -0.15) is 0 Å². The number of sulfone groups is 1. The molecular formula is C18H16Cl2N2O5S. The molecule has 7 nitrogen and oxygen atoms in total. The minimum Gasteiger partial charge on any atom is -0.330 e. The second kappa shape index (κ2) is 8.06. The molecular weight excluding hydrogens is 427 g/mol. The lowest BCUT2D eigenvalue weighted by molar-refractivity contribution is -0.384. The Kier molecular flexibility index (Phi) is 5.92. The van der Waals surface area contributed by atoms with Gasteiger partial charge in [-0.3, -0.25) is 14.9 Å². The largest absolute Gasteiger partial charge is 0.330 e. The van der Waals surface area contributed by atoms with Crippen LogP contribution in [0.5, 0.6) is 0 Å². The molecule has 0 bridgehead atoms. The topological polar surface area (TPSA) is 97.6 Å². The molecule has 1 saturated heterocycles. The number of carbonyl (C=O) groups is 1. The van der Waals surface area contributed by atoms with Gasteiger partial charge in [-0.25, -0.2) is 8.42 Å². The fraction of sp³-hybridized carbons (Fsp3) is 0.278. The van der Waals surface area contributed by atoms with Crippen molar-refractivity contribution in [1.29, 1.82) is 0 Å². The Hall–Kier alpha value is -2.16. The van der Waals surface area contributed by atoms with Gasteiger partial charge in [-0.05, 0) is 36.2 Å². The van der Waals surface area contributed by atoms with E-state index in [1.54, 1.807) is 24.3 Å². The van der Waals surface area contributed by atoms with Gasteiger partial charge in [0.15, 0.2) is 9.84 Å². The van der Waals surface area contributed by atoms with E-state index in [1.165, 1.54) is 17.0 Å². The number of halogens is 2. The van der Waals surface area contributed by atoms with Gasteiger partial charge in [0.1, 0.15) is 5.02 Å².